The van der Waals surface area contributed by atoms with Crippen LogP contribution < -0.4 is 4.90 Å². The zero-order valence-corrected chi connectivity index (χ0v) is 11.8. The maximum absolute atomic E-state index is 2.30. The van der Waals surface area contributed by atoms with E-state index in [0.717, 1.165) is 6.42 Å². The van der Waals surface area contributed by atoms with E-state index in [-0.39, 0.29) is 0 Å². The van der Waals surface area contributed by atoms with Crippen molar-refractivity contribution in [3.63, 3.8) is 0 Å². The summed E-state index contributed by atoms with van der Waals surface area (Å²) in [5.41, 5.74) is 8.23. The monoisotopic (exact) mass is 249 g/mol. The molecule has 0 saturated heterocycles. The second-order valence-electron chi connectivity index (χ2n) is 5.48. The molecule has 0 spiro atoms. The second-order valence-corrected chi connectivity index (χ2v) is 5.48. The van der Waals surface area contributed by atoms with E-state index in [9.17, 15) is 0 Å². The molecule has 96 valence electrons. The summed E-state index contributed by atoms with van der Waals surface area (Å²) in [6, 6.07) is 15.4. The number of fused-ring (bicyclic) bond motifs is 1. The number of benzene rings is 2. The van der Waals surface area contributed by atoms with Gasteiger partial charge in [-0.2, -0.15) is 0 Å². The first-order valence-electron chi connectivity index (χ1n) is 6.72. The molecule has 0 atom stereocenters. The van der Waals surface area contributed by atoms with Crippen LogP contribution >= 0.6 is 0 Å². The summed E-state index contributed by atoms with van der Waals surface area (Å²) in [5, 5.41) is 0. The Bertz CT molecular complexity index is 633. The zero-order chi connectivity index (χ0) is 13.4. The number of nitrogens with zero attached hydrogens (tertiary/aromatic N) is 1. The van der Waals surface area contributed by atoms with Crippen LogP contribution in [0.5, 0.6) is 0 Å². The Balaban J connectivity index is 2.03. The van der Waals surface area contributed by atoms with Crippen LogP contribution in [-0.4, -0.2) is 14.1 Å². The van der Waals surface area contributed by atoms with Gasteiger partial charge < -0.3 is 4.90 Å². The fourth-order valence-electron chi connectivity index (χ4n) is 2.74. The van der Waals surface area contributed by atoms with E-state index >= 15 is 0 Å². The van der Waals surface area contributed by atoms with Gasteiger partial charge >= 0.3 is 0 Å². The van der Waals surface area contributed by atoms with Crippen molar-refractivity contribution in [1.82, 2.24) is 0 Å². The van der Waals surface area contributed by atoms with Crippen LogP contribution in [0, 0.1) is 0 Å². The van der Waals surface area contributed by atoms with Crippen molar-refractivity contribution in [2.75, 3.05) is 19.0 Å². The van der Waals surface area contributed by atoms with E-state index < -0.39 is 0 Å². The number of anilines is 1. The highest BCUT2D eigenvalue weighted by molar-refractivity contribution is 5.77. The molecule has 1 aliphatic rings. The Hall–Kier alpha value is -2.02. The van der Waals surface area contributed by atoms with E-state index in [4.69, 9.17) is 0 Å². The van der Waals surface area contributed by atoms with Crippen LogP contribution in [0.1, 0.15) is 18.1 Å². The second kappa shape index (κ2) is 4.58. The molecule has 3 rings (SSSR count). The van der Waals surface area contributed by atoms with Crippen molar-refractivity contribution < 1.29 is 0 Å². The van der Waals surface area contributed by atoms with Gasteiger partial charge in [0.05, 0.1) is 0 Å². The Morgan fingerprint density at radius 2 is 1.68 bits per heavy atom. The topological polar surface area (TPSA) is 3.24 Å². The molecule has 0 radical (unpaired) electrons. The third-order valence-corrected chi connectivity index (χ3v) is 3.76. The first-order chi connectivity index (χ1) is 9.15. The Labute approximate surface area is 115 Å². The third-order valence-electron chi connectivity index (χ3n) is 3.76. The van der Waals surface area contributed by atoms with Crippen LogP contribution in [0.25, 0.3) is 17.2 Å². The highest BCUT2D eigenvalue weighted by Gasteiger charge is 2.14. The van der Waals surface area contributed by atoms with Crippen LogP contribution in [0.15, 0.2) is 48.0 Å². The molecular formula is C18H19N. The molecule has 19 heavy (non-hydrogen) atoms. The molecule has 0 bridgehead atoms. The molecule has 0 saturated carbocycles. The number of allylic oxidation sites excluding steroid dienone is 1. The summed E-state index contributed by atoms with van der Waals surface area (Å²) in [5.74, 6) is 0. The summed E-state index contributed by atoms with van der Waals surface area (Å²) in [4.78, 5) is 2.13. The maximum Gasteiger partial charge on any atom is 0.0361 e. The molecule has 1 heteroatoms. The lowest BCUT2D eigenvalue weighted by atomic mass is 9.96. The number of rotatable bonds is 2. The molecule has 0 aliphatic heterocycles. The number of hydrogen-bond acceptors (Lipinski definition) is 1. The summed E-state index contributed by atoms with van der Waals surface area (Å²) >= 11 is 0. The fourth-order valence-corrected chi connectivity index (χ4v) is 2.74. The van der Waals surface area contributed by atoms with E-state index in [2.05, 4.69) is 74.5 Å². The van der Waals surface area contributed by atoms with E-state index in [1.807, 2.05) is 0 Å². The lowest BCUT2D eigenvalue weighted by molar-refractivity contribution is 1.13. The zero-order valence-electron chi connectivity index (χ0n) is 11.8. The third kappa shape index (κ3) is 2.17. The van der Waals surface area contributed by atoms with Crippen molar-refractivity contribution in [3.8, 4) is 11.1 Å². The van der Waals surface area contributed by atoms with Gasteiger partial charge in [0.25, 0.3) is 0 Å². The first kappa shape index (κ1) is 12.0. The molecule has 0 heterocycles. The van der Waals surface area contributed by atoms with Gasteiger partial charge in [-0.15, -0.1) is 0 Å². The summed E-state index contributed by atoms with van der Waals surface area (Å²) in [7, 11) is 4.14. The smallest absolute Gasteiger partial charge is 0.0361 e. The first-order valence-corrected chi connectivity index (χ1v) is 6.72. The van der Waals surface area contributed by atoms with Gasteiger partial charge in [-0.1, -0.05) is 42.0 Å². The summed E-state index contributed by atoms with van der Waals surface area (Å²) < 4.78 is 0. The van der Waals surface area contributed by atoms with Crippen molar-refractivity contribution in [2.45, 2.75) is 13.3 Å². The lowest BCUT2D eigenvalue weighted by Gasteiger charge is -2.14. The average Bonchev–Trinajstić information content (AvgIpc) is 2.78. The van der Waals surface area contributed by atoms with Gasteiger partial charge in [-0.3, -0.25) is 0 Å². The van der Waals surface area contributed by atoms with Gasteiger partial charge in [0, 0.05) is 19.8 Å². The Morgan fingerprint density at radius 1 is 0.947 bits per heavy atom. The number of hydrogen-bond donors (Lipinski definition) is 0. The molecule has 0 unspecified atom stereocenters. The van der Waals surface area contributed by atoms with E-state index in [1.54, 1.807) is 0 Å². The van der Waals surface area contributed by atoms with Crippen LogP contribution in [0.2, 0.25) is 0 Å². The quantitative estimate of drug-likeness (QED) is 0.763. The van der Waals surface area contributed by atoms with Gasteiger partial charge in [0.2, 0.25) is 0 Å². The van der Waals surface area contributed by atoms with Crippen molar-refractivity contribution in [3.05, 3.63) is 59.2 Å². The normalized spacial score (nSPS) is 13.1. The fraction of sp³-hybridized carbons (Fsp3) is 0.222. The van der Waals surface area contributed by atoms with Crippen LogP contribution in [0.3, 0.4) is 0 Å². The molecule has 0 fully saturated rings. The molecule has 0 aromatic heterocycles. The maximum atomic E-state index is 2.30. The van der Waals surface area contributed by atoms with Gasteiger partial charge in [-0.05, 0) is 47.7 Å². The Morgan fingerprint density at radius 3 is 2.37 bits per heavy atom. The molecule has 0 amide bonds. The minimum absolute atomic E-state index is 1.08. The van der Waals surface area contributed by atoms with Gasteiger partial charge in [0.15, 0.2) is 0 Å². The van der Waals surface area contributed by atoms with Gasteiger partial charge in [0.1, 0.15) is 0 Å². The molecule has 2 aromatic rings. The minimum Gasteiger partial charge on any atom is -0.378 e. The van der Waals surface area contributed by atoms with Gasteiger partial charge in [-0.25, -0.2) is 0 Å². The predicted octanol–water partition coefficient (Wildman–Crippen LogP) is 4.38. The Kier molecular flexibility index (Phi) is 2.90. The van der Waals surface area contributed by atoms with Crippen molar-refractivity contribution in [1.29, 1.82) is 0 Å². The highest BCUT2D eigenvalue weighted by atomic mass is 15.1. The SMILES string of the molecule is CC1=Cc2cccc(-c3ccc(N(C)C)cc3)c2C1. The highest BCUT2D eigenvalue weighted by Crippen LogP contribution is 2.34. The molecule has 0 N–H and O–H groups in total. The van der Waals surface area contributed by atoms with E-state index in [0.29, 0.717) is 0 Å². The molecule has 1 nitrogen and oxygen atoms in total. The lowest BCUT2D eigenvalue weighted by Crippen LogP contribution is -2.07. The largest absolute Gasteiger partial charge is 0.378 e. The summed E-state index contributed by atoms with van der Waals surface area (Å²) in [6.45, 7) is 2.21. The minimum atomic E-state index is 1.08. The standard InChI is InChI=1S/C18H19N/c1-13-11-15-5-4-6-17(18(15)12-13)14-7-9-16(10-8-14)19(2)3/h4-11H,12H2,1-3H3. The van der Waals surface area contributed by atoms with E-state index in [1.165, 1.54) is 33.5 Å². The van der Waals surface area contributed by atoms with Crippen LogP contribution in [-0.2, 0) is 6.42 Å². The molecular weight excluding hydrogens is 230 g/mol. The van der Waals surface area contributed by atoms with Crippen molar-refractivity contribution in [2.24, 2.45) is 0 Å². The molecule has 1 aliphatic carbocycles. The summed E-state index contributed by atoms with van der Waals surface area (Å²) in [6.07, 6.45) is 3.38. The average molecular weight is 249 g/mol. The predicted molar refractivity (Wildman–Crippen MR) is 83.6 cm³/mol. The molecule has 2 aromatic carbocycles. The van der Waals surface area contributed by atoms with Crippen LogP contribution in [0.4, 0.5) is 5.69 Å². The van der Waals surface area contributed by atoms with Crippen molar-refractivity contribution >= 4 is 11.8 Å².